The molecule has 0 bridgehead atoms. The highest BCUT2D eigenvalue weighted by Crippen LogP contribution is 2.16. The molecule has 0 radical (unpaired) electrons. The molecular weight excluding hydrogens is 342 g/mol. The molecule has 0 atom stereocenters. The average molecular weight is 367 g/mol. The van der Waals surface area contributed by atoms with Crippen molar-refractivity contribution < 1.29 is 19.1 Å². The van der Waals surface area contributed by atoms with Crippen LogP contribution in [0.1, 0.15) is 46.8 Å². The summed E-state index contributed by atoms with van der Waals surface area (Å²) in [5.74, 6) is -1.09. The zero-order chi connectivity index (χ0) is 19.8. The molecule has 2 aromatic carbocycles. The van der Waals surface area contributed by atoms with Crippen molar-refractivity contribution in [1.29, 1.82) is 0 Å². The largest absolute Gasteiger partial charge is 0.457 e. The van der Waals surface area contributed by atoms with E-state index in [1.807, 2.05) is 51.1 Å². The van der Waals surface area contributed by atoms with Gasteiger partial charge in [0.05, 0.1) is 6.42 Å². The molecule has 1 N–H and O–H groups in total. The predicted octanol–water partition coefficient (Wildman–Crippen LogP) is 4.01. The van der Waals surface area contributed by atoms with Gasteiger partial charge in [-0.3, -0.25) is 14.4 Å². The van der Waals surface area contributed by atoms with E-state index >= 15 is 0 Å². The minimum Gasteiger partial charge on any atom is -0.457 e. The van der Waals surface area contributed by atoms with E-state index in [4.69, 9.17) is 4.74 Å². The van der Waals surface area contributed by atoms with Crippen LogP contribution >= 0.6 is 0 Å². The predicted molar refractivity (Wildman–Crippen MR) is 105 cm³/mol. The van der Waals surface area contributed by atoms with Crippen molar-refractivity contribution >= 4 is 23.3 Å². The third kappa shape index (κ3) is 6.37. The molecule has 0 aromatic heterocycles. The van der Waals surface area contributed by atoms with Crippen molar-refractivity contribution in [3.05, 3.63) is 64.7 Å². The fourth-order valence-electron chi connectivity index (χ4n) is 2.61. The highest BCUT2D eigenvalue weighted by molar-refractivity contribution is 5.98. The Balaban J connectivity index is 1.74. The lowest BCUT2D eigenvalue weighted by Crippen LogP contribution is -2.17. The van der Waals surface area contributed by atoms with Crippen molar-refractivity contribution in [3.8, 4) is 0 Å². The summed E-state index contributed by atoms with van der Waals surface area (Å²) < 4.78 is 4.99. The van der Waals surface area contributed by atoms with Gasteiger partial charge in [0.15, 0.2) is 12.4 Å². The van der Waals surface area contributed by atoms with E-state index < -0.39 is 5.97 Å². The van der Waals surface area contributed by atoms with Crippen molar-refractivity contribution in [1.82, 2.24) is 0 Å². The summed E-state index contributed by atoms with van der Waals surface area (Å²) in [6.45, 7) is 5.61. The third-order valence-electron chi connectivity index (χ3n) is 4.26. The number of aryl methyl sites for hydroxylation is 3. The lowest BCUT2D eigenvalue weighted by Gasteiger charge is -2.09. The molecule has 0 saturated heterocycles. The number of anilines is 1. The fraction of sp³-hybridized carbons (Fsp3) is 0.318. The van der Waals surface area contributed by atoms with Gasteiger partial charge in [0, 0.05) is 17.7 Å². The Bertz CT molecular complexity index is 825. The highest BCUT2D eigenvalue weighted by atomic mass is 16.5. The van der Waals surface area contributed by atoms with Gasteiger partial charge in [-0.1, -0.05) is 48.9 Å². The van der Waals surface area contributed by atoms with Crippen LogP contribution in [0.15, 0.2) is 42.5 Å². The molecule has 0 fully saturated rings. The van der Waals surface area contributed by atoms with Crippen LogP contribution < -0.4 is 5.32 Å². The van der Waals surface area contributed by atoms with Crippen molar-refractivity contribution in [3.63, 3.8) is 0 Å². The first-order chi connectivity index (χ1) is 12.9. The van der Waals surface area contributed by atoms with Gasteiger partial charge in [-0.2, -0.15) is 0 Å². The molecule has 0 aliphatic heterocycles. The van der Waals surface area contributed by atoms with Gasteiger partial charge in [0.2, 0.25) is 5.91 Å². The maximum atomic E-state index is 12.0. The first kappa shape index (κ1) is 20.4. The second-order valence-corrected chi connectivity index (χ2v) is 6.50. The normalized spacial score (nSPS) is 10.3. The average Bonchev–Trinajstić information content (AvgIpc) is 2.66. The molecule has 0 saturated carbocycles. The Morgan fingerprint density at radius 2 is 1.67 bits per heavy atom. The van der Waals surface area contributed by atoms with Gasteiger partial charge < -0.3 is 10.1 Å². The summed E-state index contributed by atoms with van der Waals surface area (Å²) in [6.07, 6.45) is 0.831. The number of ether oxygens (including phenoxy) is 1. The van der Waals surface area contributed by atoms with Crippen LogP contribution in [0.5, 0.6) is 0 Å². The van der Waals surface area contributed by atoms with Gasteiger partial charge in [-0.25, -0.2) is 0 Å². The summed E-state index contributed by atoms with van der Waals surface area (Å²) in [7, 11) is 0. The smallest absolute Gasteiger partial charge is 0.306 e. The second kappa shape index (κ2) is 9.67. The Labute approximate surface area is 159 Å². The highest BCUT2D eigenvalue weighted by Gasteiger charge is 2.12. The van der Waals surface area contributed by atoms with Gasteiger partial charge in [-0.15, -0.1) is 0 Å². The van der Waals surface area contributed by atoms with Gasteiger partial charge in [-0.05, 0) is 37.5 Å². The molecule has 0 spiro atoms. The number of nitrogens with one attached hydrogen (secondary N) is 1. The van der Waals surface area contributed by atoms with Crippen LogP contribution in [-0.4, -0.2) is 24.3 Å². The summed E-state index contributed by atoms with van der Waals surface area (Å²) in [5.41, 5.74) is 4.45. The fourth-order valence-corrected chi connectivity index (χ4v) is 2.61. The molecule has 2 rings (SSSR count). The number of rotatable bonds is 8. The molecule has 0 aliphatic rings. The minimum absolute atomic E-state index is 0.00549. The topological polar surface area (TPSA) is 72.5 Å². The number of benzene rings is 2. The summed E-state index contributed by atoms with van der Waals surface area (Å²) in [4.78, 5) is 35.8. The number of carbonyl (C=O) groups is 3. The van der Waals surface area contributed by atoms with Gasteiger partial charge in [0.1, 0.15) is 0 Å². The van der Waals surface area contributed by atoms with E-state index in [2.05, 4.69) is 5.32 Å². The summed E-state index contributed by atoms with van der Waals surface area (Å²) in [5, 5.41) is 2.78. The molecule has 0 aliphatic carbocycles. The molecule has 27 heavy (non-hydrogen) atoms. The lowest BCUT2D eigenvalue weighted by molar-refractivity contribution is -0.143. The van der Waals surface area contributed by atoms with E-state index in [9.17, 15) is 14.4 Å². The number of carbonyl (C=O) groups excluding carboxylic acids is 3. The molecular formula is C22H25NO4. The maximum absolute atomic E-state index is 12.0. The number of ketones is 1. The molecule has 0 heterocycles. The third-order valence-corrected chi connectivity index (χ3v) is 4.26. The first-order valence-corrected chi connectivity index (χ1v) is 9.04. The Morgan fingerprint density at radius 3 is 2.30 bits per heavy atom. The van der Waals surface area contributed by atoms with E-state index in [0.717, 1.165) is 28.8 Å². The monoisotopic (exact) mass is 367 g/mol. The zero-order valence-corrected chi connectivity index (χ0v) is 16.0. The number of amides is 1. The van der Waals surface area contributed by atoms with Crippen molar-refractivity contribution in [2.75, 3.05) is 11.9 Å². The van der Waals surface area contributed by atoms with Crippen LogP contribution in [0.3, 0.4) is 0 Å². The van der Waals surface area contributed by atoms with Crippen LogP contribution in [-0.2, 0) is 20.7 Å². The van der Waals surface area contributed by atoms with Crippen LogP contribution in [0, 0.1) is 13.8 Å². The Hall–Kier alpha value is -2.95. The van der Waals surface area contributed by atoms with Crippen molar-refractivity contribution in [2.24, 2.45) is 0 Å². The molecule has 5 nitrogen and oxygen atoms in total. The minimum atomic E-state index is -0.565. The second-order valence-electron chi connectivity index (χ2n) is 6.50. The number of hydrogen-bond acceptors (Lipinski definition) is 4. The number of Topliss-reactive ketones (excluding diaryl/α,β-unsaturated/α-hetero) is 1. The van der Waals surface area contributed by atoms with E-state index in [1.165, 1.54) is 0 Å². The van der Waals surface area contributed by atoms with E-state index in [1.54, 1.807) is 12.1 Å². The Kier molecular flexibility index (Phi) is 7.29. The standard InChI is InChI=1S/C22H25NO4/c1-4-17-6-8-18(9-7-17)20(24)14-27-22(26)12-11-21(25)23-19-10-5-15(2)13-16(19)3/h5-10,13H,4,11-12,14H2,1-3H3,(H,23,25). The van der Waals surface area contributed by atoms with Crippen molar-refractivity contribution in [2.45, 2.75) is 40.0 Å². The Morgan fingerprint density at radius 1 is 0.963 bits per heavy atom. The first-order valence-electron chi connectivity index (χ1n) is 9.04. The quantitative estimate of drug-likeness (QED) is 0.565. The van der Waals surface area contributed by atoms with E-state index in [0.29, 0.717) is 5.56 Å². The van der Waals surface area contributed by atoms with Crippen LogP contribution in [0.4, 0.5) is 5.69 Å². The van der Waals surface area contributed by atoms with Gasteiger partial charge in [0.25, 0.3) is 0 Å². The van der Waals surface area contributed by atoms with Crippen LogP contribution in [0.2, 0.25) is 0 Å². The molecule has 1 amide bonds. The number of hydrogen-bond donors (Lipinski definition) is 1. The summed E-state index contributed by atoms with van der Waals surface area (Å²) in [6, 6.07) is 12.9. The summed E-state index contributed by atoms with van der Waals surface area (Å²) >= 11 is 0. The maximum Gasteiger partial charge on any atom is 0.306 e. The molecule has 2 aromatic rings. The van der Waals surface area contributed by atoms with Crippen LogP contribution in [0.25, 0.3) is 0 Å². The lowest BCUT2D eigenvalue weighted by atomic mass is 10.1. The molecule has 142 valence electrons. The van der Waals surface area contributed by atoms with E-state index in [-0.39, 0.29) is 31.1 Å². The SMILES string of the molecule is CCc1ccc(C(=O)COC(=O)CCC(=O)Nc2ccc(C)cc2C)cc1. The molecule has 0 unspecified atom stereocenters. The molecule has 5 heteroatoms. The number of esters is 1. The zero-order valence-electron chi connectivity index (χ0n) is 16.0. The van der Waals surface area contributed by atoms with Gasteiger partial charge >= 0.3 is 5.97 Å².